The first-order chi connectivity index (χ1) is 9.74. The molecular formula is C16H23ClN4. The van der Waals surface area contributed by atoms with E-state index in [9.17, 15) is 0 Å². The van der Waals surface area contributed by atoms with Gasteiger partial charge < -0.3 is 9.88 Å². The van der Waals surface area contributed by atoms with Gasteiger partial charge in [-0.2, -0.15) is 0 Å². The van der Waals surface area contributed by atoms with Gasteiger partial charge in [0.25, 0.3) is 0 Å². The van der Waals surface area contributed by atoms with Crippen LogP contribution in [0, 0.1) is 5.41 Å². The number of benzene rings is 1. The fourth-order valence-electron chi connectivity index (χ4n) is 3.84. The molecule has 2 aromatic rings. The summed E-state index contributed by atoms with van der Waals surface area (Å²) < 4.78 is 2.08. The van der Waals surface area contributed by atoms with Crippen LogP contribution in [-0.4, -0.2) is 40.6 Å². The Morgan fingerprint density at radius 3 is 3.05 bits per heavy atom. The van der Waals surface area contributed by atoms with Crippen molar-refractivity contribution in [3.8, 4) is 0 Å². The molecule has 2 aliphatic rings. The highest BCUT2D eigenvalue weighted by Gasteiger charge is 2.39. The van der Waals surface area contributed by atoms with Crippen LogP contribution in [0.1, 0.15) is 18.4 Å². The van der Waals surface area contributed by atoms with E-state index >= 15 is 0 Å². The van der Waals surface area contributed by atoms with Crippen LogP contribution in [0.4, 0.5) is 0 Å². The number of fused-ring (bicyclic) bond motifs is 1. The Morgan fingerprint density at radius 1 is 1.33 bits per heavy atom. The summed E-state index contributed by atoms with van der Waals surface area (Å²) in [5, 5.41) is 3.53. The van der Waals surface area contributed by atoms with Gasteiger partial charge in [0.1, 0.15) is 0 Å². The minimum Gasteiger partial charge on any atom is -0.334 e. The molecule has 2 fully saturated rings. The maximum atomic E-state index is 4.46. The van der Waals surface area contributed by atoms with E-state index in [2.05, 4.69) is 38.0 Å². The first-order valence-corrected chi connectivity index (χ1v) is 7.57. The molecule has 1 atom stereocenters. The molecule has 0 amide bonds. The van der Waals surface area contributed by atoms with E-state index in [4.69, 9.17) is 0 Å². The van der Waals surface area contributed by atoms with Crippen molar-refractivity contribution >= 4 is 23.4 Å². The van der Waals surface area contributed by atoms with E-state index in [1.807, 2.05) is 13.4 Å². The number of imidazole rings is 1. The number of aryl methyl sites for hydroxylation is 1. The quantitative estimate of drug-likeness (QED) is 0.923. The normalized spacial score (nSPS) is 25.8. The summed E-state index contributed by atoms with van der Waals surface area (Å²) in [6.45, 7) is 5.97. The second-order valence-corrected chi connectivity index (χ2v) is 6.57. The molecule has 1 spiro atoms. The van der Waals surface area contributed by atoms with Gasteiger partial charge in [-0.1, -0.05) is 6.07 Å². The molecule has 4 rings (SSSR count). The first kappa shape index (κ1) is 14.8. The number of nitrogens with zero attached hydrogens (tertiary/aromatic N) is 3. The predicted molar refractivity (Wildman–Crippen MR) is 87.8 cm³/mol. The zero-order chi connectivity index (χ0) is 13.6. The lowest BCUT2D eigenvalue weighted by Crippen LogP contribution is -2.28. The van der Waals surface area contributed by atoms with Crippen molar-refractivity contribution < 1.29 is 0 Å². The monoisotopic (exact) mass is 306 g/mol. The van der Waals surface area contributed by atoms with Gasteiger partial charge in [-0.25, -0.2) is 4.98 Å². The lowest BCUT2D eigenvalue weighted by Gasteiger charge is -2.22. The number of aromatic nitrogens is 2. The first-order valence-electron chi connectivity index (χ1n) is 7.57. The van der Waals surface area contributed by atoms with E-state index in [0.29, 0.717) is 5.41 Å². The maximum absolute atomic E-state index is 4.46. The molecule has 2 aliphatic heterocycles. The molecule has 0 radical (unpaired) electrons. The summed E-state index contributed by atoms with van der Waals surface area (Å²) >= 11 is 0. The van der Waals surface area contributed by atoms with E-state index in [1.165, 1.54) is 50.1 Å². The molecule has 1 N–H and O–H groups in total. The van der Waals surface area contributed by atoms with Crippen LogP contribution in [0.2, 0.25) is 0 Å². The largest absolute Gasteiger partial charge is 0.334 e. The minimum atomic E-state index is 0. The maximum Gasteiger partial charge on any atom is 0.0955 e. The lowest BCUT2D eigenvalue weighted by atomic mass is 9.86. The summed E-state index contributed by atoms with van der Waals surface area (Å²) in [4.78, 5) is 7.07. The Balaban J connectivity index is 0.00000132. The molecule has 2 saturated heterocycles. The molecule has 0 bridgehead atoms. The van der Waals surface area contributed by atoms with Crippen LogP contribution in [-0.2, 0) is 13.6 Å². The van der Waals surface area contributed by atoms with E-state index in [1.54, 1.807) is 0 Å². The second kappa shape index (κ2) is 5.59. The van der Waals surface area contributed by atoms with E-state index in [-0.39, 0.29) is 12.4 Å². The zero-order valence-electron chi connectivity index (χ0n) is 12.5. The smallest absolute Gasteiger partial charge is 0.0955 e. The van der Waals surface area contributed by atoms with Gasteiger partial charge >= 0.3 is 0 Å². The zero-order valence-corrected chi connectivity index (χ0v) is 13.3. The third-order valence-corrected chi connectivity index (χ3v) is 5.05. The fraction of sp³-hybridized carbons (Fsp3) is 0.562. The van der Waals surface area contributed by atoms with Gasteiger partial charge in [0, 0.05) is 26.7 Å². The molecule has 0 aliphatic carbocycles. The third kappa shape index (κ3) is 2.68. The van der Waals surface area contributed by atoms with Crippen LogP contribution < -0.4 is 5.32 Å². The Kier molecular flexibility index (Phi) is 3.95. The van der Waals surface area contributed by atoms with Gasteiger partial charge in [0.15, 0.2) is 0 Å². The molecule has 3 heterocycles. The van der Waals surface area contributed by atoms with E-state index < -0.39 is 0 Å². The summed E-state index contributed by atoms with van der Waals surface area (Å²) in [6.07, 6.45) is 4.60. The SMILES string of the molecule is Cl.Cn1cnc2cc(CN3CCC4(CCNC4)C3)ccc21. The van der Waals surface area contributed by atoms with Crippen molar-refractivity contribution in [2.45, 2.75) is 19.4 Å². The van der Waals surface area contributed by atoms with Crippen LogP contribution in [0.3, 0.4) is 0 Å². The Morgan fingerprint density at radius 2 is 2.24 bits per heavy atom. The topological polar surface area (TPSA) is 33.1 Å². The number of likely N-dealkylation sites (tertiary alicyclic amines) is 1. The number of rotatable bonds is 2. The van der Waals surface area contributed by atoms with Gasteiger partial charge in [-0.15, -0.1) is 12.4 Å². The highest BCUT2D eigenvalue weighted by molar-refractivity contribution is 5.85. The van der Waals surface area contributed by atoms with Gasteiger partial charge in [0.05, 0.1) is 17.4 Å². The fourth-order valence-corrected chi connectivity index (χ4v) is 3.84. The molecule has 1 aromatic carbocycles. The van der Waals surface area contributed by atoms with Crippen molar-refractivity contribution in [2.75, 3.05) is 26.2 Å². The summed E-state index contributed by atoms with van der Waals surface area (Å²) in [5.74, 6) is 0. The molecule has 0 saturated carbocycles. The third-order valence-electron chi connectivity index (χ3n) is 5.05. The van der Waals surface area contributed by atoms with Crippen LogP contribution >= 0.6 is 12.4 Å². The van der Waals surface area contributed by atoms with Crippen LogP contribution in [0.25, 0.3) is 11.0 Å². The molecular weight excluding hydrogens is 284 g/mol. The highest BCUT2D eigenvalue weighted by atomic mass is 35.5. The second-order valence-electron chi connectivity index (χ2n) is 6.57. The van der Waals surface area contributed by atoms with Gasteiger partial charge in [0.2, 0.25) is 0 Å². The average Bonchev–Trinajstić information content (AvgIpc) is 3.15. The Hall–Kier alpha value is -1.10. The summed E-state index contributed by atoms with van der Waals surface area (Å²) in [5.41, 5.74) is 4.28. The van der Waals surface area contributed by atoms with E-state index in [0.717, 1.165) is 12.1 Å². The van der Waals surface area contributed by atoms with Crippen LogP contribution in [0.15, 0.2) is 24.5 Å². The van der Waals surface area contributed by atoms with Gasteiger partial charge in [-0.05, 0) is 49.0 Å². The lowest BCUT2D eigenvalue weighted by molar-refractivity contribution is 0.269. The molecule has 5 heteroatoms. The Bertz CT molecular complexity index is 630. The highest BCUT2D eigenvalue weighted by Crippen LogP contribution is 2.36. The average molecular weight is 307 g/mol. The number of nitrogens with one attached hydrogen (secondary N) is 1. The molecule has 114 valence electrons. The van der Waals surface area contributed by atoms with Crippen molar-refractivity contribution in [1.29, 1.82) is 0 Å². The minimum absolute atomic E-state index is 0. The number of hydrogen-bond acceptors (Lipinski definition) is 3. The van der Waals surface area contributed by atoms with Crippen LogP contribution in [0.5, 0.6) is 0 Å². The van der Waals surface area contributed by atoms with Crippen molar-refractivity contribution in [1.82, 2.24) is 19.8 Å². The Labute approximate surface area is 131 Å². The van der Waals surface area contributed by atoms with Crippen molar-refractivity contribution in [2.24, 2.45) is 12.5 Å². The molecule has 4 nitrogen and oxygen atoms in total. The number of hydrogen-bond donors (Lipinski definition) is 1. The predicted octanol–water partition coefficient (Wildman–Crippen LogP) is 2.18. The summed E-state index contributed by atoms with van der Waals surface area (Å²) in [7, 11) is 2.05. The van der Waals surface area contributed by atoms with Gasteiger partial charge in [-0.3, -0.25) is 4.90 Å². The summed E-state index contributed by atoms with van der Waals surface area (Å²) in [6, 6.07) is 6.69. The van der Waals surface area contributed by atoms with Crippen molar-refractivity contribution in [3.63, 3.8) is 0 Å². The number of halogens is 1. The van der Waals surface area contributed by atoms with Crippen molar-refractivity contribution in [3.05, 3.63) is 30.1 Å². The standard InChI is InChI=1S/C16H22N4.ClH/c1-19-12-18-14-8-13(2-3-15(14)19)9-20-7-5-16(11-20)4-6-17-10-16;/h2-3,8,12,17H,4-7,9-11H2,1H3;1H. The molecule has 1 aromatic heterocycles. The molecule has 21 heavy (non-hydrogen) atoms. The molecule has 1 unspecified atom stereocenters.